The van der Waals surface area contributed by atoms with Gasteiger partial charge in [0, 0.05) is 15.1 Å². The van der Waals surface area contributed by atoms with E-state index in [0.29, 0.717) is 0 Å². The first-order valence-electron chi connectivity index (χ1n) is 5.56. The zero-order valence-corrected chi connectivity index (χ0v) is 12.0. The number of benzene rings is 2. The van der Waals surface area contributed by atoms with Gasteiger partial charge in [0.05, 0.1) is 11.0 Å². The summed E-state index contributed by atoms with van der Waals surface area (Å²) in [5, 5.41) is 0.758. The highest BCUT2D eigenvalue weighted by Crippen LogP contribution is 2.28. The Kier molecular flexibility index (Phi) is 2.88. The van der Waals surface area contributed by atoms with E-state index in [1.54, 1.807) is 0 Å². The minimum absolute atomic E-state index is 0.758. The number of H-pyrrole nitrogens is 1. The average Bonchev–Trinajstić information content (AvgIpc) is 2.75. The molecule has 1 aromatic heterocycles. The first-order valence-corrected chi connectivity index (χ1v) is 6.73. The van der Waals surface area contributed by atoms with E-state index in [1.807, 2.05) is 43.3 Å². The number of fused-ring (bicyclic) bond motifs is 1. The molecule has 0 aliphatic carbocycles. The summed E-state index contributed by atoms with van der Waals surface area (Å²) < 4.78 is 1.04. The first kappa shape index (κ1) is 11.8. The molecule has 0 spiro atoms. The van der Waals surface area contributed by atoms with Gasteiger partial charge in [-0.15, -0.1) is 0 Å². The van der Waals surface area contributed by atoms with E-state index < -0.39 is 0 Å². The quantitative estimate of drug-likeness (QED) is 0.674. The molecular formula is C14H10BrClN2. The molecule has 0 saturated carbocycles. The topological polar surface area (TPSA) is 28.7 Å². The van der Waals surface area contributed by atoms with Gasteiger partial charge in [0.2, 0.25) is 0 Å². The van der Waals surface area contributed by atoms with E-state index in [-0.39, 0.29) is 0 Å². The van der Waals surface area contributed by atoms with Crippen molar-refractivity contribution in [1.29, 1.82) is 0 Å². The molecule has 3 aromatic rings. The molecule has 1 heterocycles. The van der Waals surface area contributed by atoms with E-state index in [0.717, 1.165) is 37.5 Å². The zero-order valence-electron chi connectivity index (χ0n) is 9.67. The molecule has 0 aliphatic heterocycles. The second-order valence-electron chi connectivity index (χ2n) is 4.16. The van der Waals surface area contributed by atoms with Crippen LogP contribution in [0.4, 0.5) is 0 Å². The first-order chi connectivity index (χ1) is 8.65. The van der Waals surface area contributed by atoms with Gasteiger partial charge in [-0.25, -0.2) is 4.98 Å². The van der Waals surface area contributed by atoms with Gasteiger partial charge < -0.3 is 4.98 Å². The number of imidazole rings is 1. The minimum atomic E-state index is 0.758. The van der Waals surface area contributed by atoms with Crippen LogP contribution < -0.4 is 0 Å². The summed E-state index contributed by atoms with van der Waals surface area (Å²) >= 11 is 9.59. The molecule has 0 fully saturated rings. The lowest BCUT2D eigenvalue weighted by molar-refractivity contribution is 1.31. The van der Waals surface area contributed by atoms with Crippen LogP contribution in [0, 0.1) is 6.92 Å². The average molecular weight is 322 g/mol. The lowest BCUT2D eigenvalue weighted by Crippen LogP contribution is -1.85. The van der Waals surface area contributed by atoms with Crippen LogP contribution >= 0.6 is 27.5 Å². The van der Waals surface area contributed by atoms with Crippen molar-refractivity contribution < 1.29 is 0 Å². The summed E-state index contributed by atoms with van der Waals surface area (Å²) in [6, 6.07) is 11.8. The van der Waals surface area contributed by atoms with Gasteiger partial charge in [-0.2, -0.15) is 0 Å². The zero-order chi connectivity index (χ0) is 12.7. The second-order valence-corrected chi connectivity index (χ2v) is 5.48. The van der Waals surface area contributed by atoms with Crippen LogP contribution in [0.25, 0.3) is 22.4 Å². The fourth-order valence-electron chi connectivity index (χ4n) is 1.97. The number of hydrogen-bond donors (Lipinski definition) is 1. The van der Waals surface area contributed by atoms with Gasteiger partial charge >= 0.3 is 0 Å². The number of aromatic nitrogens is 2. The number of halogens is 2. The molecule has 0 saturated heterocycles. The number of nitrogens with zero attached hydrogens (tertiary/aromatic N) is 1. The summed E-state index contributed by atoms with van der Waals surface area (Å²) in [6.07, 6.45) is 0. The predicted octanol–water partition coefficient (Wildman–Crippen LogP) is 4.95. The molecule has 90 valence electrons. The summed E-state index contributed by atoms with van der Waals surface area (Å²) in [5.41, 5.74) is 4.04. The summed E-state index contributed by atoms with van der Waals surface area (Å²) in [6.45, 7) is 2.00. The lowest BCUT2D eigenvalue weighted by atomic mass is 10.1. The molecule has 2 nitrogen and oxygen atoms in total. The molecule has 3 rings (SSSR count). The van der Waals surface area contributed by atoms with Crippen LogP contribution in [0.5, 0.6) is 0 Å². The van der Waals surface area contributed by atoms with Crippen LogP contribution in [0.1, 0.15) is 5.56 Å². The third-order valence-corrected chi connectivity index (χ3v) is 3.87. The maximum absolute atomic E-state index is 6.14. The third-order valence-electron chi connectivity index (χ3n) is 2.97. The van der Waals surface area contributed by atoms with Crippen LogP contribution in [0.15, 0.2) is 40.9 Å². The van der Waals surface area contributed by atoms with Crippen molar-refractivity contribution in [3.8, 4) is 11.4 Å². The Hall–Kier alpha value is -1.32. The lowest BCUT2D eigenvalue weighted by Gasteiger charge is -2.03. The van der Waals surface area contributed by atoms with Crippen molar-refractivity contribution in [2.75, 3.05) is 0 Å². The number of nitrogens with one attached hydrogen (secondary N) is 1. The summed E-state index contributed by atoms with van der Waals surface area (Å²) in [7, 11) is 0. The largest absolute Gasteiger partial charge is 0.338 e. The monoisotopic (exact) mass is 320 g/mol. The number of hydrogen-bond acceptors (Lipinski definition) is 1. The highest BCUT2D eigenvalue weighted by atomic mass is 79.9. The Labute approximate surface area is 118 Å². The molecular weight excluding hydrogens is 312 g/mol. The van der Waals surface area contributed by atoms with Crippen molar-refractivity contribution in [3.63, 3.8) is 0 Å². The second kappa shape index (κ2) is 4.41. The maximum Gasteiger partial charge on any atom is 0.138 e. The van der Waals surface area contributed by atoms with Crippen molar-refractivity contribution in [3.05, 3.63) is 51.5 Å². The Morgan fingerprint density at radius 2 is 2.06 bits per heavy atom. The maximum atomic E-state index is 6.14. The van der Waals surface area contributed by atoms with Crippen LogP contribution in [-0.2, 0) is 0 Å². The van der Waals surface area contributed by atoms with E-state index in [9.17, 15) is 0 Å². The third kappa shape index (κ3) is 1.93. The van der Waals surface area contributed by atoms with Crippen LogP contribution in [0.2, 0.25) is 5.02 Å². The van der Waals surface area contributed by atoms with Crippen molar-refractivity contribution >= 4 is 38.6 Å². The Morgan fingerprint density at radius 3 is 2.89 bits per heavy atom. The molecule has 0 radical (unpaired) electrons. The normalized spacial score (nSPS) is 11.1. The SMILES string of the molecule is Cc1c(Cl)cccc1-c1nc2ccc(Br)cc2[nH]1. The standard InChI is InChI=1S/C14H10BrClN2/c1-8-10(3-2-4-11(8)16)14-17-12-6-5-9(15)7-13(12)18-14/h2-7H,1H3,(H,17,18). The van der Waals surface area contributed by atoms with Crippen molar-refractivity contribution in [2.24, 2.45) is 0 Å². The molecule has 4 heteroatoms. The Bertz CT molecular complexity index is 734. The summed E-state index contributed by atoms with van der Waals surface area (Å²) in [4.78, 5) is 7.91. The number of rotatable bonds is 1. The van der Waals surface area contributed by atoms with Crippen LogP contribution in [0.3, 0.4) is 0 Å². The van der Waals surface area contributed by atoms with Gasteiger partial charge in [0.15, 0.2) is 0 Å². The molecule has 1 N–H and O–H groups in total. The van der Waals surface area contributed by atoms with E-state index in [2.05, 4.69) is 25.9 Å². The minimum Gasteiger partial charge on any atom is -0.338 e. The fraction of sp³-hybridized carbons (Fsp3) is 0.0714. The smallest absolute Gasteiger partial charge is 0.138 e. The van der Waals surface area contributed by atoms with Crippen molar-refractivity contribution in [2.45, 2.75) is 6.92 Å². The summed E-state index contributed by atoms with van der Waals surface area (Å²) in [5.74, 6) is 0.850. The van der Waals surface area contributed by atoms with Crippen LogP contribution in [-0.4, -0.2) is 9.97 Å². The Balaban J connectivity index is 2.22. The molecule has 0 amide bonds. The molecule has 0 atom stereocenters. The van der Waals surface area contributed by atoms with Crippen molar-refractivity contribution in [1.82, 2.24) is 9.97 Å². The van der Waals surface area contributed by atoms with E-state index in [1.165, 1.54) is 0 Å². The van der Waals surface area contributed by atoms with Gasteiger partial charge in [-0.3, -0.25) is 0 Å². The van der Waals surface area contributed by atoms with E-state index in [4.69, 9.17) is 11.6 Å². The van der Waals surface area contributed by atoms with Gasteiger partial charge in [-0.1, -0.05) is 39.7 Å². The fourth-order valence-corrected chi connectivity index (χ4v) is 2.51. The molecule has 0 aliphatic rings. The van der Waals surface area contributed by atoms with E-state index >= 15 is 0 Å². The van der Waals surface area contributed by atoms with Gasteiger partial charge in [0.25, 0.3) is 0 Å². The highest BCUT2D eigenvalue weighted by Gasteiger charge is 2.09. The molecule has 0 bridgehead atoms. The van der Waals surface area contributed by atoms with Gasteiger partial charge in [-0.05, 0) is 36.8 Å². The predicted molar refractivity (Wildman–Crippen MR) is 79.0 cm³/mol. The molecule has 18 heavy (non-hydrogen) atoms. The Morgan fingerprint density at radius 1 is 1.22 bits per heavy atom. The van der Waals surface area contributed by atoms with Gasteiger partial charge in [0.1, 0.15) is 5.82 Å². The molecule has 2 aromatic carbocycles. The number of aromatic amines is 1. The highest BCUT2D eigenvalue weighted by molar-refractivity contribution is 9.10. The molecule has 0 unspecified atom stereocenters.